The molecule has 112 valence electrons. The van der Waals surface area contributed by atoms with Crippen LogP contribution in [-0.4, -0.2) is 0 Å². The molecule has 0 unspecified atom stereocenters. The van der Waals surface area contributed by atoms with Crippen molar-refractivity contribution in [1.82, 2.24) is 0 Å². The van der Waals surface area contributed by atoms with Gasteiger partial charge in [-0.2, -0.15) is 10.5 Å². The minimum absolute atomic E-state index is 0.443. The first-order valence-corrected chi connectivity index (χ1v) is 8.03. The number of hydrogen-bond donors (Lipinski definition) is 0. The van der Waals surface area contributed by atoms with E-state index in [1.165, 1.54) is 25.8 Å². The summed E-state index contributed by atoms with van der Waals surface area (Å²) in [6.45, 7) is 10.6. The largest absolute Gasteiger partial charge is 0.192 e. The Bertz CT molecular complexity index is 751. The summed E-state index contributed by atoms with van der Waals surface area (Å²) in [5.74, 6) is 0. The summed E-state index contributed by atoms with van der Waals surface area (Å²) in [5, 5.41) is 17.1. The summed E-state index contributed by atoms with van der Waals surface area (Å²) >= 11 is 2.39. The van der Waals surface area contributed by atoms with Crippen LogP contribution in [0.25, 0.3) is 0 Å². The average molecular weight is 402 g/mol. The second kappa shape index (κ2) is 7.96. The average Bonchev–Trinajstić information content (AvgIpc) is 2.51. The number of benzene rings is 2. The molecule has 3 heteroatoms. The van der Waals surface area contributed by atoms with Crippen molar-refractivity contribution in [2.75, 3.05) is 0 Å². The molecule has 2 aromatic rings. The third-order valence-electron chi connectivity index (χ3n) is 3.83. The monoisotopic (exact) mass is 402 g/mol. The van der Waals surface area contributed by atoms with Gasteiger partial charge in [0.15, 0.2) is 0 Å². The quantitative estimate of drug-likeness (QED) is 0.564. The zero-order valence-electron chi connectivity index (χ0n) is 13.6. The second-order valence-corrected chi connectivity index (χ2v) is 6.49. The van der Waals surface area contributed by atoms with Gasteiger partial charge in [-0.15, -0.1) is 0 Å². The maximum Gasteiger partial charge on any atom is 0.101 e. The Morgan fingerprint density at radius 2 is 1.36 bits per heavy atom. The second-order valence-electron chi connectivity index (χ2n) is 5.32. The van der Waals surface area contributed by atoms with Crippen molar-refractivity contribution in [2.24, 2.45) is 0 Å². The molecule has 2 rings (SSSR count). The number of halogens is 1. The Morgan fingerprint density at radius 3 is 1.91 bits per heavy atom. The van der Waals surface area contributed by atoms with E-state index >= 15 is 0 Å². The van der Waals surface area contributed by atoms with Crippen LogP contribution in [0.3, 0.4) is 0 Å². The standard InChI is InChI=1S/C10H13I.C9H6N2/c1-6-5-10(11)9(4)8(3)7(6)2;1-7-2-3-8(5-10)9(4-7)6-11/h5H,1-4H3;2-4H,1H3. The maximum absolute atomic E-state index is 8.57. The highest BCUT2D eigenvalue weighted by Crippen LogP contribution is 2.21. The third-order valence-corrected chi connectivity index (χ3v) is 4.95. The summed E-state index contributed by atoms with van der Waals surface area (Å²) in [6.07, 6.45) is 0. The molecule has 0 N–H and O–H groups in total. The van der Waals surface area contributed by atoms with Gasteiger partial charge in [-0.1, -0.05) is 6.07 Å². The Kier molecular flexibility index (Phi) is 6.59. The molecule has 0 atom stereocenters. The molecule has 0 bridgehead atoms. The lowest BCUT2D eigenvalue weighted by Gasteiger charge is -2.09. The molecule has 2 aromatic carbocycles. The predicted molar refractivity (Wildman–Crippen MR) is 98.7 cm³/mol. The minimum atomic E-state index is 0.443. The molecular weight excluding hydrogens is 383 g/mol. The first kappa shape index (κ1) is 18.2. The SMILES string of the molecule is Cc1cc(I)c(C)c(C)c1C.Cc1ccc(C#N)c(C#N)c1. The first-order valence-electron chi connectivity index (χ1n) is 6.95. The van der Waals surface area contributed by atoms with Crippen molar-refractivity contribution in [1.29, 1.82) is 10.5 Å². The number of aryl methyl sites for hydroxylation is 2. The minimum Gasteiger partial charge on any atom is -0.192 e. The van der Waals surface area contributed by atoms with Gasteiger partial charge in [-0.3, -0.25) is 0 Å². The van der Waals surface area contributed by atoms with Crippen LogP contribution in [0.15, 0.2) is 24.3 Å². The molecular formula is C19H19IN2. The highest BCUT2D eigenvalue weighted by molar-refractivity contribution is 14.1. The Balaban J connectivity index is 0.000000220. The van der Waals surface area contributed by atoms with E-state index in [2.05, 4.69) is 56.4 Å². The first-order chi connectivity index (χ1) is 10.3. The van der Waals surface area contributed by atoms with Crippen molar-refractivity contribution in [2.45, 2.75) is 34.6 Å². The molecule has 0 aromatic heterocycles. The fraction of sp³-hybridized carbons (Fsp3) is 0.263. The molecule has 0 amide bonds. The van der Waals surface area contributed by atoms with E-state index in [9.17, 15) is 0 Å². The van der Waals surface area contributed by atoms with E-state index in [4.69, 9.17) is 10.5 Å². The Hall–Kier alpha value is -1.85. The third kappa shape index (κ3) is 4.32. The maximum atomic E-state index is 8.57. The van der Waals surface area contributed by atoms with Crippen LogP contribution in [-0.2, 0) is 0 Å². The lowest BCUT2D eigenvalue weighted by atomic mass is 10.0. The lowest BCUT2D eigenvalue weighted by Crippen LogP contribution is -1.93. The molecule has 0 spiro atoms. The van der Waals surface area contributed by atoms with Gasteiger partial charge in [0, 0.05) is 3.57 Å². The van der Waals surface area contributed by atoms with Gasteiger partial charge in [0.2, 0.25) is 0 Å². The van der Waals surface area contributed by atoms with Crippen molar-refractivity contribution >= 4 is 22.6 Å². The number of hydrogen-bond acceptors (Lipinski definition) is 2. The molecule has 0 fully saturated rings. The number of nitriles is 2. The van der Waals surface area contributed by atoms with Crippen LogP contribution >= 0.6 is 22.6 Å². The van der Waals surface area contributed by atoms with E-state index in [1.807, 2.05) is 25.1 Å². The Morgan fingerprint density at radius 1 is 0.773 bits per heavy atom. The van der Waals surface area contributed by atoms with E-state index < -0.39 is 0 Å². The summed E-state index contributed by atoms with van der Waals surface area (Å²) in [7, 11) is 0. The fourth-order valence-electron chi connectivity index (χ4n) is 2.01. The van der Waals surface area contributed by atoms with Crippen LogP contribution < -0.4 is 0 Å². The molecule has 0 aliphatic rings. The van der Waals surface area contributed by atoms with Gasteiger partial charge in [-0.25, -0.2) is 0 Å². The number of rotatable bonds is 0. The molecule has 0 heterocycles. The zero-order valence-corrected chi connectivity index (χ0v) is 15.7. The molecule has 0 aliphatic heterocycles. The summed E-state index contributed by atoms with van der Waals surface area (Å²) < 4.78 is 1.38. The van der Waals surface area contributed by atoms with Crippen molar-refractivity contribution < 1.29 is 0 Å². The van der Waals surface area contributed by atoms with Gasteiger partial charge in [0.1, 0.15) is 12.1 Å². The molecule has 2 nitrogen and oxygen atoms in total. The van der Waals surface area contributed by atoms with Crippen LogP contribution in [0, 0.1) is 60.9 Å². The molecule has 0 saturated carbocycles. The summed E-state index contributed by atoms with van der Waals surface area (Å²) in [4.78, 5) is 0. The fourth-order valence-corrected chi connectivity index (χ4v) is 2.88. The van der Waals surface area contributed by atoms with Crippen molar-refractivity contribution in [3.05, 3.63) is 66.8 Å². The van der Waals surface area contributed by atoms with Crippen molar-refractivity contribution in [3.63, 3.8) is 0 Å². The van der Waals surface area contributed by atoms with Gasteiger partial charge in [0.25, 0.3) is 0 Å². The topological polar surface area (TPSA) is 47.6 Å². The predicted octanol–water partition coefficient (Wildman–Crippen LogP) is 5.26. The van der Waals surface area contributed by atoms with Gasteiger partial charge in [0.05, 0.1) is 11.1 Å². The summed E-state index contributed by atoms with van der Waals surface area (Å²) in [5.41, 5.74) is 7.59. The van der Waals surface area contributed by atoms with E-state index in [1.54, 1.807) is 12.1 Å². The van der Waals surface area contributed by atoms with Gasteiger partial charge in [-0.05, 0) is 103 Å². The smallest absolute Gasteiger partial charge is 0.101 e. The van der Waals surface area contributed by atoms with E-state index in [-0.39, 0.29) is 0 Å². The zero-order chi connectivity index (χ0) is 16.9. The van der Waals surface area contributed by atoms with Crippen LogP contribution in [0.4, 0.5) is 0 Å². The van der Waals surface area contributed by atoms with Crippen LogP contribution in [0.1, 0.15) is 38.9 Å². The molecule has 0 radical (unpaired) electrons. The van der Waals surface area contributed by atoms with Crippen LogP contribution in [0.2, 0.25) is 0 Å². The van der Waals surface area contributed by atoms with Crippen molar-refractivity contribution in [3.8, 4) is 12.1 Å². The highest BCUT2D eigenvalue weighted by Gasteiger charge is 2.03. The Labute approximate surface area is 146 Å². The lowest BCUT2D eigenvalue weighted by molar-refractivity contribution is 1.20. The normalized spacial score (nSPS) is 9.27. The van der Waals surface area contributed by atoms with E-state index in [0.717, 1.165) is 5.56 Å². The van der Waals surface area contributed by atoms with Crippen LogP contribution in [0.5, 0.6) is 0 Å². The highest BCUT2D eigenvalue weighted by atomic mass is 127. The number of nitrogens with zero attached hydrogens (tertiary/aromatic N) is 2. The van der Waals surface area contributed by atoms with Gasteiger partial charge >= 0.3 is 0 Å². The molecule has 22 heavy (non-hydrogen) atoms. The summed E-state index contributed by atoms with van der Waals surface area (Å²) in [6, 6.07) is 11.4. The van der Waals surface area contributed by atoms with E-state index in [0.29, 0.717) is 11.1 Å². The molecule has 0 aliphatic carbocycles. The van der Waals surface area contributed by atoms with Gasteiger partial charge < -0.3 is 0 Å². The molecule has 0 saturated heterocycles.